The first kappa shape index (κ1) is 11.8. The highest BCUT2D eigenvalue weighted by molar-refractivity contribution is 6.13. The number of hydrogen-bond acceptors (Lipinski definition) is 2. The van der Waals surface area contributed by atoms with E-state index in [1.54, 1.807) is 19.1 Å². The Bertz CT molecular complexity index is 494. The zero-order chi connectivity index (χ0) is 12.6. The Morgan fingerprint density at radius 1 is 1.41 bits per heavy atom. The largest absolute Gasteiger partial charge is 0.309 e. The highest BCUT2D eigenvalue weighted by atomic mass is 19.1. The van der Waals surface area contributed by atoms with Crippen LogP contribution in [-0.4, -0.2) is 17.8 Å². The molecular formula is C13H15FN2O. The molecular weight excluding hydrogens is 219 g/mol. The van der Waals surface area contributed by atoms with Crippen LogP contribution in [0.4, 0.5) is 4.39 Å². The molecule has 0 radical (unpaired) electrons. The summed E-state index contributed by atoms with van der Waals surface area (Å²) in [5, 5.41) is 2.74. The predicted octanol–water partition coefficient (Wildman–Crippen LogP) is 2.04. The summed E-state index contributed by atoms with van der Waals surface area (Å²) in [6.45, 7) is 5.59. The first-order valence-corrected chi connectivity index (χ1v) is 5.64. The summed E-state index contributed by atoms with van der Waals surface area (Å²) in [7, 11) is 0. The Morgan fingerprint density at radius 2 is 2.12 bits per heavy atom. The van der Waals surface area contributed by atoms with Gasteiger partial charge in [-0.05, 0) is 36.6 Å². The molecule has 2 rings (SSSR count). The maximum Gasteiger partial charge on any atom is 0.250 e. The number of carbonyl (C=O) groups excluding carboxylic acids is 1. The second-order valence-electron chi connectivity index (χ2n) is 4.62. The van der Waals surface area contributed by atoms with E-state index >= 15 is 0 Å². The van der Waals surface area contributed by atoms with Gasteiger partial charge in [-0.1, -0.05) is 13.8 Å². The number of hydrogen-bond donors (Lipinski definition) is 1. The van der Waals surface area contributed by atoms with Gasteiger partial charge in [0, 0.05) is 5.56 Å². The van der Waals surface area contributed by atoms with E-state index in [1.807, 2.05) is 13.8 Å². The quantitative estimate of drug-likeness (QED) is 0.835. The molecule has 0 saturated heterocycles. The number of amidine groups is 1. The van der Waals surface area contributed by atoms with E-state index in [2.05, 4.69) is 10.3 Å². The summed E-state index contributed by atoms with van der Waals surface area (Å²) in [5.74, 6) is 0.363. The summed E-state index contributed by atoms with van der Waals surface area (Å²) in [6, 6.07) is 4.37. The Morgan fingerprint density at radius 3 is 2.65 bits per heavy atom. The fraction of sp³-hybridized carbons (Fsp3) is 0.385. The van der Waals surface area contributed by atoms with Crippen molar-refractivity contribution in [2.24, 2.45) is 10.9 Å². The van der Waals surface area contributed by atoms with Crippen molar-refractivity contribution in [3.8, 4) is 0 Å². The van der Waals surface area contributed by atoms with Crippen LogP contribution in [0.5, 0.6) is 0 Å². The molecule has 90 valence electrons. The summed E-state index contributed by atoms with van der Waals surface area (Å²) in [5.41, 5.74) is 1.30. The second-order valence-corrected chi connectivity index (χ2v) is 4.62. The molecule has 1 heterocycles. The van der Waals surface area contributed by atoms with E-state index < -0.39 is 0 Å². The molecule has 1 aliphatic rings. The number of rotatable bonds is 2. The lowest BCUT2D eigenvalue weighted by Crippen LogP contribution is -2.31. The predicted molar refractivity (Wildman–Crippen MR) is 64.4 cm³/mol. The topological polar surface area (TPSA) is 41.5 Å². The van der Waals surface area contributed by atoms with Crippen molar-refractivity contribution in [2.45, 2.75) is 26.8 Å². The molecule has 1 aromatic carbocycles. The molecule has 3 nitrogen and oxygen atoms in total. The average molecular weight is 234 g/mol. The number of aliphatic imine (C=N–C) groups is 1. The van der Waals surface area contributed by atoms with Crippen molar-refractivity contribution < 1.29 is 9.18 Å². The third-order valence-electron chi connectivity index (χ3n) is 2.84. The van der Waals surface area contributed by atoms with Crippen LogP contribution >= 0.6 is 0 Å². The van der Waals surface area contributed by atoms with E-state index in [0.29, 0.717) is 11.4 Å². The zero-order valence-corrected chi connectivity index (χ0v) is 10.1. The standard InChI is InChI=1S/C13H15FN2O/c1-7(2)11-13(17)16-12(15-11)9-4-5-10(14)8(3)6-9/h4-7,11H,1-3H3,(H,15,16,17). The van der Waals surface area contributed by atoms with Crippen molar-refractivity contribution >= 4 is 11.7 Å². The van der Waals surface area contributed by atoms with E-state index in [-0.39, 0.29) is 23.7 Å². The molecule has 0 fully saturated rings. The van der Waals surface area contributed by atoms with Crippen molar-refractivity contribution in [2.75, 3.05) is 0 Å². The van der Waals surface area contributed by atoms with Gasteiger partial charge in [-0.2, -0.15) is 0 Å². The summed E-state index contributed by atoms with van der Waals surface area (Å²) < 4.78 is 13.1. The molecule has 1 amide bonds. The first-order valence-electron chi connectivity index (χ1n) is 5.64. The van der Waals surface area contributed by atoms with Crippen molar-refractivity contribution in [1.29, 1.82) is 0 Å². The summed E-state index contributed by atoms with van der Waals surface area (Å²) in [4.78, 5) is 16.0. The number of amides is 1. The minimum Gasteiger partial charge on any atom is -0.309 e. The lowest BCUT2D eigenvalue weighted by molar-refractivity contribution is -0.120. The van der Waals surface area contributed by atoms with Gasteiger partial charge in [0.1, 0.15) is 17.7 Å². The van der Waals surface area contributed by atoms with Gasteiger partial charge in [0.25, 0.3) is 5.91 Å². The van der Waals surface area contributed by atoms with Gasteiger partial charge in [-0.3, -0.25) is 9.79 Å². The van der Waals surface area contributed by atoms with Crippen LogP contribution in [0.15, 0.2) is 23.2 Å². The highest BCUT2D eigenvalue weighted by Gasteiger charge is 2.29. The van der Waals surface area contributed by atoms with Crippen molar-refractivity contribution in [3.05, 3.63) is 35.1 Å². The maximum absolute atomic E-state index is 13.1. The highest BCUT2D eigenvalue weighted by Crippen LogP contribution is 2.16. The van der Waals surface area contributed by atoms with Crippen molar-refractivity contribution in [1.82, 2.24) is 5.32 Å². The molecule has 1 atom stereocenters. The molecule has 4 heteroatoms. The number of halogens is 1. The molecule has 0 aliphatic carbocycles. The normalized spacial score (nSPS) is 19.5. The summed E-state index contributed by atoms with van der Waals surface area (Å²) in [6.07, 6.45) is 0. The van der Waals surface area contributed by atoms with Gasteiger partial charge < -0.3 is 5.32 Å². The minimum atomic E-state index is -0.338. The average Bonchev–Trinajstić information content (AvgIpc) is 2.64. The van der Waals surface area contributed by atoms with Crippen LogP contribution in [-0.2, 0) is 4.79 Å². The number of carbonyl (C=O) groups is 1. The van der Waals surface area contributed by atoms with Crippen LogP contribution < -0.4 is 5.32 Å². The van der Waals surface area contributed by atoms with Gasteiger partial charge >= 0.3 is 0 Å². The van der Waals surface area contributed by atoms with Crippen LogP contribution in [0, 0.1) is 18.7 Å². The smallest absolute Gasteiger partial charge is 0.250 e. The third kappa shape index (κ3) is 2.20. The molecule has 17 heavy (non-hydrogen) atoms. The minimum absolute atomic E-state index is 0.0861. The third-order valence-corrected chi connectivity index (χ3v) is 2.84. The molecule has 1 unspecified atom stereocenters. The summed E-state index contributed by atoms with van der Waals surface area (Å²) >= 11 is 0. The Labute approximate surface area is 99.8 Å². The number of nitrogens with one attached hydrogen (secondary N) is 1. The monoisotopic (exact) mass is 234 g/mol. The van der Waals surface area contributed by atoms with Gasteiger partial charge in [0.15, 0.2) is 0 Å². The Kier molecular flexibility index (Phi) is 2.96. The molecule has 0 bridgehead atoms. The fourth-order valence-corrected chi connectivity index (χ4v) is 1.81. The Hall–Kier alpha value is -1.71. The number of aryl methyl sites for hydroxylation is 1. The number of benzene rings is 1. The van der Waals surface area contributed by atoms with Crippen molar-refractivity contribution in [3.63, 3.8) is 0 Å². The van der Waals surface area contributed by atoms with Crippen LogP contribution in [0.1, 0.15) is 25.0 Å². The molecule has 0 spiro atoms. The SMILES string of the molecule is Cc1cc(C2=NC(C(C)C)C(=O)N2)ccc1F. The van der Waals surface area contributed by atoms with Crippen LogP contribution in [0.3, 0.4) is 0 Å². The van der Waals surface area contributed by atoms with Gasteiger partial charge in [-0.25, -0.2) is 4.39 Å². The molecule has 1 N–H and O–H groups in total. The second kappa shape index (κ2) is 4.28. The van der Waals surface area contributed by atoms with E-state index in [1.165, 1.54) is 6.07 Å². The maximum atomic E-state index is 13.1. The van der Waals surface area contributed by atoms with Gasteiger partial charge in [0.05, 0.1) is 0 Å². The van der Waals surface area contributed by atoms with E-state index in [0.717, 1.165) is 5.56 Å². The molecule has 1 aromatic rings. The van der Waals surface area contributed by atoms with Crippen LogP contribution in [0.25, 0.3) is 0 Å². The number of nitrogens with zero attached hydrogens (tertiary/aromatic N) is 1. The van der Waals surface area contributed by atoms with Gasteiger partial charge in [0.2, 0.25) is 0 Å². The molecule has 0 aromatic heterocycles. The molecule has 0 saturated carbocycles. The molecule has 1 aliphatic heterocycles. The van der Waals surface area contributed by atoms with Gasteiger partial charge in [-0.15, -0.1) is 0 Å². The lowest BCUT2D eigenvalue weighted by atomic mass is 10.1. The van der Waals surface area contributed by atoms with E-state index in [4.69, 9.17) is 0 Å². The van der Waals surface area contributed by atoms with E-state index in [9.17, 15) is 9.18 Å². The van der Waals surface area contributed by atoms with Crippen LogP contribution in [0.2, 0.25) is 0 Å². The first-order chi connectivity index (χ1) is 7.99. The Balaban J connectivity index is 2.32. The zero-order valence-electron chi connectivity index (χ0n) is 10.1. The lowest BCUT2D eigenvalue weighted by Gasteiger charge is -2.06. The fourth-order valence-electron chi connectivity index (χ4n) is 1.81.